The number of rotatable bonds is 6. The number of halogens is 1. The van der Waals surface area contributed by atoms with Crippen molar-refractivity contribution in [2.75, 3.05) is 12.9 Å². The number of benzene rings is 2. The Morgan fingerprint density at radius 1 is 1.08 bits per heavy atom. The molecule has 1 amide bonds. The first-order valence-electron chi connectivity index (χ1n) is 7.69. The van der Waals surface area contributed by atoms with E-state index in [9.17, 15) is 18.0 Å². The van der Waals surface area contributed by atoms with Crippen LogP contribution >= 0.6 is 11.6 Å². The van der Waals surface area contributed by atoms with Crippen molar-refractivity contribution in [1.29, 1.82) is 0 Å². The zero-order chi connectivity index (χ0) is 19.3. The number of nitrogens with one attached hydrogen (secondary N) is 1. The number of sulfone groups is 1. The highest BCUT2D eigenvalue weighted by molar-refractivity contribution is 7.90. The van der Waals surface area contributed by atoms with E-state index in [0.717, 1.165) is 11.8 Å². The average molecular weight is 396 g/mol. The predicted molar refractivity (Wildman–Crippen MR) is 97.8 cm³/mol. The second-order valence-electron chi connectivity index (χ2n) is 5.71. The zero-order valence-corrected chi connectivity index (χ0v) is 15.8. The molecule has 0 radical (unpaired) electrons. The average Bonchev–Trinajstić information content (AvgIpc) is 2.59. The van der Waals surface area contributed by atoms with Crippen LogP contribution in [0, 0.1) is 0 Å². The summed E-state index contributed by atoms with van der Waals surface area (Å²) in [5, 5.41) is 3.31. The minimum atomic E-state index is -3.34. The van der Waals surface area contributed by atoms with Crippen LogP contribution in [0.4, 0.5) is 0 Å². The van der Waals surface area contributed by atoms with Gasteiger partial charge in [0.15, 0.2) is 16.4 Å². The second-order valence-corrected chi connectivity index (χ2v) is 8.17. The number of ether oxygens (including phenoxy) is 1. The van der Waals surface area contributed by atoms with E-state index in [-0.39, 0.29) is 16.5 Å². The van der Waals surface area contributed by atoms with E-state index < -0.39 is 28.3 Å². The van der Waals surface area contributed by atoms with Crippen LogP contribution in [0.15, 0.2) is 53.4 Å². The van der Waals surface area contributed by atoms with Crippen LogP contribution < -0.4 is 5.32 Å². The smallest absolute Gasteiger partial charge is 0.338 e. The van der Waals surface area contributed by atoms with Gasteiger partial charge in [-0.05, 0) is 48.9 Å². The summed E-state index contributed by atoms with van der Waals surface area (Å²) in [5.74, 6) is -1.16. The van der Waals surface area contributed by atoms with Gasteiger partial charge in [0.25, 0.3) is 5.91 Å². The van der Waals surface area contributed by atoms with E-state index in [1.807, 2.05) is 0 Å². The van der Waals surface area contributed by atoms with Gasteiger partial charge in [-0.2, -0.15) is 0 Å². The van der Waals surface area contributed by atoms with Crippen LogP contribution in [-0.2, 0) is 19.4 Å². The Kier molecular flexibility index (Phi) is 6.39. The summed E-state index contributed by atoms with van der Waals surface area (Å²) in [6.07, 6.45) is 1.08. The van der Waals surface area contributed by atoms with E-state index in [2.05, 4.69) is 5.32 Å². The normalized spacial score (nSPS) is 12.3. The molecule has 0 fully saturated rings. The predicted octanol–water partition coefficient (Wildman–Crippen LogP) is 2.78. The van der Waals surface area contributed by atoms with Crippen molar-refractivity contribution in [2.24, 2.45) is 0 Å². The monoisotopic (exact) mass is 395 g/mol. The van der Waals surface area contributed by atoms with Crippen LogP contribution in [0.25, 0.3) is 0 Å². The molecule has 0 bridgehead atoms. The van der Waals surface area contributed by atoms with Crippen molar-refractivity contribution in [3.63, 3.8) is 0 Å². The van der Waals surface area contributed by atoms with Gasteiger partial charge >= 0.3 is 5.97 Å². The van der Waals surface area contributed by atoms with Crippen molar-refractivity contribution < 1.29 is 22.7 Å². The lowest BCUT2D eigenvalue weighted by atomic mass is 10.1. The summed E-state index contributed by atoms with van der Waals surface area (Å²) in [5.41, 5.74) is 1.03. The van der Waals surface area contributed by atoms with Gasteiger partial charge in [-0.15, -0.1) is 0 Å². The SMILES string of the molecule is CC(NC(=O)COC(=O)c1ccc(S(C)(=O)=O)cc1)c1ccc(Cl)cc1. The first-order chi connectivity index (χ1) is 12.2. The molecular weight excluding hydrogens is 378 g/mol. The number of esters is 1. The largest absolute Gasteiger partial charge is 0.452 e. The maximum absolute atomic E-state index is 11.9. The van der Waals surface area contributed by atoms with Gasteiger partial charge in [-0.3, -0.25) is 4.79 Å². The van der Waals surface area contributed by atoms with Crippen LogP contribution in [0.1, 0.15) is 28.9 Å². The molecule has 2 aromatic rings. The molecule has 1 atom stereocenters. The molecule has 8 heteroatoms. The highest BCUT2D eigenvalue weighted by atomic mass is 35.5. The lowest BCUT2D eigenvalue weighted by molar-refractivity contribution is -0.124. The number of hydrogen-bond acceptors (Lipinski definition) is 5. The van der Waals surface area contributed by atoms with Gasteiger partial charge in [-0.1, -0.05) is 23.7 Å². The van der Waals surface area contributed by atoms with Gasteiger partial charge in [0.2, 0.25) is 0 Å². The van der Waals surface area contributed by atoms with Gasteiger partial charge < -0.3 is 10.1 Å². The molecule has 0 aliphatic carbocycles. The minimum absolute atomic E-state index is 0.101. The highest BCUT2D eigenvalue weighted by Gasteiger charge is 2.14. The van der Waals surface area contributed by atoms with E-state index >= 15 is 0 Å². The Hall–Kier alpha value is -2.38. The van der Waals surface area contributed by atoms with Crippen LogP contribution in [0.3, 0.4) is 0 Å². The first kappa shape index (κ1) is 19.9. The topological polar surface area (TPSA) is 89.5 Å². The number of amides is 1. The van der Waals surface area contributed by atoms with Crippen LogP contribution in [-0.4, -0.2) is 33.2 Å². The fraction of sp³-hybridized carbons (Fsp3) is 0.222. The molecule has 1 N–H and O–H groups in total. The fourth-order valence-corrected chi connectivity index (χ4v) is 2.93. The third-order valence-corrected chi connectivity index (χ3v) is 4.98. The van der Waals surface area contributed by atoms with Crippen molar-refractivity contribution in [1.82, 2.24) is 5.32 Å². The summed E-state index contributed by atoms with van der Waals surface area (Å²) in [7, 11) is -3.34. The van der Waals surface area contributed by atoms with Gasteiger partial charge in [0.1, 0.15) is 0 Å². The second kappa shape index (κ2) is 8.33. The summed E-state index contributed by atoms with van der Waals surface area (Å²) in [6, 6.07) is 12.1. The quantitative estimate of drug-likeness (QED) is 0.759. The van der Waals surface area contributed by atoms with Crippen molar-refractivity contribution in [2.45, 2.75) is 17.9 Å². The fourth-order valence-electron chi connectivity index (χ4n) is 2.17. The Balaban J connectivity index is 1.88. The van der Waals surface area contributed by atoms with Crippen LogP contribution in [0.5, 0.6) is 0 Å². The third kappa shape index (κ3) is 5.57. The van der Waals surface area contributed by atoms with E-state index in [0.29, 0.717) is 5.02 Å². The molecule has 0 aromatic heterocycles. The molecule has 138 valence electrons. The van der Waals surface area contributed by atoms with E-state index in [4.69, 9.17) is 16.3 Å². The molecule has 1 unspecified atom stereocenters. The molecule has 2 aromatic carbocycles. The summed E-state index contributed by atoms with van der Waals surface area (Å²) in [4.78, 5) is 24.0. The maximum Gasteiger partial charge on any atom is 0.338 e. The zero-order valence-electron chi connectivity index (χ0n) is 14.2. The summed E-state index contributed by atoms with van der Waals surface area (Å²) in [6.45, 7) is 1.36. The Labute approximate surface area is 157 Å². The molecule has 0 saturated heterocycles. The van der Waals surface area contributed by atoms with Gasteiger partial charge in [-0.25, -0.2) is 13.2 Å². The molecule has 0 heterocycles. The number of hydrogen-bond donors (Lipinski definition) is 1. The number of carbonyl (C=O) groups is 2. The Morgan fingerprint density at radius 2 is 1.65 bits per heavy atom. The van der Waals surface area contributed by atoms with E-state index in [1.54, 1.807) is 31.2 Å². The van der Waals surface area contributed by atoms with E-state index in [1.165, 1.54) is 24.3 Å². The Morgan fingerprint density at radius 3 is 2.19 bits per heavy atom. The highest BCUT2D eigenvalue weighted by Crippen LogP contribution is 2.16. The molecule has 0 saturated carbocycles. The molecule has 6 nitrogen and oxygen atoms in total. The van der Waals surface area contributed by atoms with Crippen molar-refractivity contribution >= 4 is 33.3 Å². The molecule has 0 spiro atoms. The lowest BCUT2D eigenvalue weighted by Crippen LogP contribution is -2.31. The first-order valence-corrected chi connectivity index (χ1v) is 9.96. The summed E-state index contributed by atoms with van der Waals surface area (Å²) >= 11 is 5.82. The maximum atomic E-state index is 11.9. The molecule has 2 rings (SSSR count). The van der Waals surface area contributed by atoms with Crippen LogP contribution in [0.2, 0.25) is 5.02 Å². The minimum Gasteiger partial charge on any atom is -0.452 e. The Bertz CT molecular complexity index is 892. The number of carbonyl (C=O) groups excluding carboxylic acids is 2. The molecular formula is C18H18ClNO5S. The summed E-state index contributed by atoms with van der Waals surface area (Å²) < 4.78 is 27.7. The lowest BCUT2D eigenvalue weighted by Gasteiger charge is -2.14. The van der Waals surface area contributed by atoms with Crippen molar-refractivity contribution in [3.8, 4) is 0 Å². The molecule has 0 aliphatic rings. The standard InChI is InChI=1S/C18H18ClNO5S/c1-12(13-3-7-15(19)8-4-13)20-17(21)11-25-18(22)14-5-9-16(10-6-14)26(2,23)24/h3-10,12H,11H2,1-2H3,(H,20,21). The van der Waals surface area contributed by atoms with Crippen molar-refractivity contribution in [3.05, 3.63) is 64.7 Å². The molecule has 26 heavy (non-hydrogen) atoms. The van der Waals surface area contributed by atoms with Gasteiger partial charge in [0.05, 0.1) is 16.5 Å². The molecule has 0 aliphatic heterocycles. The van der Waals surface area contributed by atoms with Gasteiger partial charge in [0, 0.05) is 11.3 Å². The third-order valence-electron chi connectivity index (χ3n) is 3.60.